The Morgan fingerprint density at radius 1 is 1.02 bits per heavy atom. The van der Waals surface area contributed by atoms with Crippen molar-refractivity contribution >= 4 is 51.3 Å². The summed E-state index contributed by atoms with van der Waals surface area (Å²) in [6.45, 7) is 3.70. The first kappa shape index (κ1) is 26.0. The van der Waals surface area contributed by atoms with Gasteiger partial charge in [-0.3, -0.25) is 4.90 Å². The van der Waals surface area contributed by atoms with Gasteiger partial charge in [-0.15, -0.1) is 0 Å². The average molecular weight is 575 g/mol. The number of rotatable bonds is 6. The number of oxazole rings is 1. The van der Waals surface area contributed by atoms with Crippen LogP contribution in [0, 0.1) is 0 Å². The van der Waals surface area contributed by atoms with E-state index < -0.39 is 0 Å². The molecule has 7 rings (SSSR count). The number of benzene rings is 2. The van der Waals surface area contributed by atoms with Crippen LogP contribution >= 0.6 is 11.6 Å². The van der Waals surface area contributed by atoms with Crippen LogP contribution in [0.2, 0.25) is 5.02 Å². The zero-order valence-corrected chi connectivity index (χ0v) is 23.5. The number of ether oxygens (including phenoxy) is 2. The third kappa shape index (κ3) is 4.94. The molecule has 2 aliphatic rings. The van der Waals surface area contributed by atoms with E-state index in [0.29, 0.717) is 39.7 Å². The molecular formula is C29H31ClN8O3. The SMILES string of the molecule is COc1cc(Cl)c2oc(Nc3ccc(-c4nn([C@H]5CC[C@H](N6CCOCC6)CC5)c5ncnc(N)c45)cc3)nc2c1. The van der Waals surface area contributed by atoms with Crippen molar-refractivity contribution in [2.75, 3.05) is 44.5 Å². The molecule has 212 valence electrons. The lowest BCUT2D eigenvalue weighted by atomic mass is 9.90. The van der Waals surface area contributed by atoms with E-state index in [0.717, 1.165) is 80.0 Å². The second-order valence-electron chi connectivity index (χ2n) is 10.5. The number of hydrogen-bond acceptors (Lipinski definition) is 10. The van der Waals surface area contributed by atoms with Crippen LogP contribution in [-0.4, -0.2) is 69.1 Å². The van der Waals surface area contributed by atoms with Crippen LogP contribution in [0.25, 0.3) is 33.4 Å². The lowest BCUT2D eigenvalue weighted by molar-refractivity contribution is 0.00520. The van der Waals surface area contributed by atoms with Crippen LogP contribution in [0.15, 0.2) is 47.1 Å². The number of nitrogens with zero attached hydrogens (tertiary/aromatic N) is 6. The van der Waals surface area contributed by atoms with Crippen molar-refractivity contribution in [2.45, 2.75) is 37.8 Å². The van der Waals surface area contributed by atoms with Gasteiger partial charge in [0.05, 0.1) is 36.8 Å². The number of morpholine rings is 1. The van der Waals surface area contributed by atoms with Gasteiger partial charge in [-0.25, -0.2) is 14.6 Å². The predicted molar refractivity (Wildman–Crippen MR) is 158 cm³/mol. The van der Waals surface area contributed by atoms with E-state index in [9.17, 15) is 0 Å². The molecule has 5 aromatic rings. The topological polar surface area (TPSA) is 129 Å². The van der Waals surface area contributed by atoms with Gasteiger partial charge >= 0.3 is 0 Å². The highest BCUT2D eigenvalue weighted by Gasteiger charge is 2.30. The van der Waals surface area contributed by atoms with E-state index >= 15 is 0 Å². The van der Waals surface area contributed by atoms with Gasteiger partial charge in [-0.2, -0.15) is 10.1 Å². The Labute approximate surface area is 241 Å². The average Bonchev–Trinajstić information content (AvgIpc) is 3.61. The number of methoxy groups -OCH3 is 1. The van der Waals surface area contributed by atoms with Crippen LogP contribution < -0.4 is 15.8 Å². The number of nitrogens with two attached hydrogens (primary N) is 1. The molecule has 0 unspecified atom stereocenters. The molecule has 1 saturated heterocycles. The summed E-state index contributed by atoms with van der Waals surface area (Å²) in [7, 11) is 1.58. The van der Waals surface area contributed by atoms with Crippen LogP contribution in [0.1, 0.15) is 31.7 Å². The fourth-order valence-electron chi connectivity index (χ4n) is 6.04. The molecule has 0 spiro atoms. The maximum atomic E-state index is 6.38. The molecule has 1 aliphatic heterocycles. The molecule has 4 heterocycles. The largest absolute Gasteiger partial charge is 0.497 e. The Morgan fingerprint density at radius 3 is 2.54 bits per heavy atom. The second-order valence-corrected chi connectivity index (χ2v) is 10.9. The van der Waals surface area contributed by atoms with E-state index in [-0.39, 0.29) is 6.04 Å². The summed E-state index contributed by atoms with van der Waals surface area (Å²) in [5, 5.41) is 9.50. The normalized spacial score (nSPS) is 20.0. The highest BCUT2D eigenvalue weighted by molar-refractivity contribution is 6.34. The lowest BCUT2D eigenvalue weighted by Crippen LogP contribution is -2.45. The summed E-state index contributed by atoms with van der Waals surface area (Å²) in [6, 6.07) is 12.6. The van der Waals surface area contributed by atoms with E-state index in [1.54, 1.807) is 19.2 Å². The van der Waals surface area contributed by atoms with Crippen LogP contribution in [0.4, 0.5) is 17.5 Å². The van der Waals surface area contributed by atoms with Gasteiger partial charge in [0.2, 0.25) is 0 Å². The summed E-state index contributed by atoms with van der Waals surface area (Å²) in [5.74, 6) is 1.05. The molecule has 2 fully saturated rings. The molecule has 41 heavy (non-hydrogen) atoms. The van der Waals surface area contributed by atoms with Crippen LogP contribution in [0.5, 0.6) is 5.75 Å². The van der Waals surface area contributed by atoms with E-state index in [1.807, 2.05) is 24.3 Å². The zero-order chi connectivity index (χ0) is 27.9. The molecule has 0 radical (unpaired) electrons. The van der Waals surface area contributed by atoms with Crippen molar-refractivity contribution in [1.29, 1.82) is 0 Å². The molecule has 0 bridgehead atoms. The van der Waals surface area contributed by atoms with E-state index in [4.69, 9.17) is 36.3 Å². The molecule has 3 N–H and O–H groups in total. The Balaban J connectivity index is 1.13. The molecule has 11 nitrogen and oxygen atoms in total. The molecule has 2 aromatic carbocycles. The van der Waals surface area contributed by atoms with Gasteiger partial charge in [0, 0.05) is 42.5 Å². The maximum absolute atomic E-state index is 6.38. The predicted octanol–water partition coefficient (Wildman–Crippen LogP) is 5.44. The van der Waals surface area contributed by atoms with Gasteiger partial charge in [-0.05, 0) is 37.8 Å². The molecule has 3 aromatic heterocycles. The maximum Gasteiger partial charge on any atom is 0.300 e. The van der Waals surface area contributed by atoms with Crippen molar-refractivity contribution in [3.8, 4) is 17.0 Å². The highest BCUT2D eigenvalue weighted by atomic mass is 35.5. The number of nitrogen functional groups attached to an aromatic ring is 1. The minimum absolute atomic E-state index is 0.267. The lowest BCUT2D eigenvalue weighted by Gasteiger charge is -2.38. The fraction of sp³-hybridized carbons (Fsp3) is 0.379. The monoisotopic (exact) mass is 574 g/mol. The smallest absolute Gasteiger partial charge is 0.300 e. The van der Waals surface area contributed by atoms with Gasteiger partial charge < -0.3 is 24.9 Å². The van der Waals surface area contributed by atoms with Crippen molar-refractivity contribution in [2.24, 2.45) is 0 Å². The highest BCUT2D eigenvalue weighted by Crippen LogP contribution is 2.38. The molecule has 1 aliphatic carbocycles. The number of aromatic nitrogens is 5. The second kappa shape index (κ2) is 10.8. The first-order valence-corrected chi connectivity index (χ1v) is 14.3. The third-order valence-electron chi connectivity index (χ3n) is 8.16. The molecule has 12 heteroatoms. The fourth-order valence-corrected chi connectivity index (χ4v) is 6.28. The van der Waals surface area contributed by atoms with Crippen molar-refractivity contribution < 1.29 is 13.9 Å². The first-order valence-electron chi connectivity index (χ1n) is 13.9. The first-order chi connectivity index (χ1) is 20.1. The summed E-state index contributed by atoms with van der Waals surface area (Å²) < 4.78 is 18.7. The molecule has 1 saturated carbocycles. The summed E-state index contributed by atoms with van der Waals surface area (Å²) in [5.41, 5.74) is 10.8. The minimum atomic E-state index is 0.267. The Kier molecular flexibility index (Phi) is 6.85. The molecule has 0 amide bonds. The third-order valence-corrected chi connectivity index (χ3v) is 8.44. The van der Waals surface area contributed by atoms with Crippen LogP contribution in [-0.2, 0) is 4.74 Å². The van der Waals surface area contributed by atoms with Gasteiger partial charge in [0.25, 0.3) is 6.01 Å². The summed E-state index contributed by atoms with van der Waals surface area (Å²) in [4.78, 5) is 16.0. The van der Waals surface area contributed by atoms with Crippen LogP contribution in [0.3, 0.4) is 0 Å². The zero-order valence-electron chi connectivity index (χ0n) is 22.7. The number of halogens is 1. The van der Waals surface area contributed by atoms with Crippen molar-refractivity contribution in [1.82, 2.24) is 29.6 Å². The van der Waals surface area contributed by atoms with Crippen molar-refractivity contribution in [3.05, 3.63) is 47.7 Å². The van der Waals surface area contributed by atoms with Gasteiger partial charge in [0.1, 0.15) is 29.1 Å². The number of nitrogens with one attached hydrogen (secondary N) is 1. The molecular weight excluding hydrogens is 544 g/mol. The summed E-state index contributed by atoms with van der Waals surface area (Å²) >= 11 is 6.33. The number of fused-ring (bicyclic) bond motifs is 2. The Hall–Kier alpha value is -3.93. The van der Waals surface area contributed by atoms with Gasteiger partial charge in [0.15, 0.2) is 11.2 Å². The Morgan fingerprint density at radius 2 is 1.78 bits per heavy atom. The van der Waals surface area contributed by atoms with E-state index in [1.165, 1.54) is 6.33 Å². The summed E-state index contributed by atoms with van der Waals surface area (Å²) in [6.07, 6.45) is 5.89. The quantitative estimate of drug-likeness (QED) is 0.270. The Bertz CT molecular complexity index is 1690. The van der Waals surface area contributed by atoms with Crippen molar-refractivity contribution in [3.63, 3.8) is 0 Å². The standard InChI is InChI=1S/C29H31ClN8O3/c1-39-21-14-22(30)26-23(15-21)35-29(41-26)34-18-4-2-17(3-5-18)25-24-27(31)32-16-33-28(24)38(36-25)20-8-6-19(7-9-20)37-10-12-40-13-11-37/h2-5,14-16,19-20H,6-13H2,1H3,(H,34,35)(H2,31,32,33)/t19-,20-. The van der Waals surface area contributed by atoms with E-state index in [2.05, 4.69) is 29.9 Å². The number of anilines is 3. The van der Waals surface area contributed by atoms with Gasteiger partial charge in [-0.1, -0.05) is 23.7 Å². The molecule has 0 atom stereocenters. The number of hydrogen-bond donors (Lipinski definition) is 2. The minimum Gasteiger partial charge on any atom is -0.497 e.